The Labute approximate surface area is 111 Å². The summed E-state index contributed by atoms with van der Waals surface area (Å²) in [5.41, 5.74) is 0.673. The van der Waals surface area contributed by atoms with Gasteiger partial charge in [0.2, 0.25) is 0 Å². The third-order valence-corrected chi connectivity index (χ3v) is 2.53. The maximum atomic E-state index is 11.9. The predicted octanol–water partition coefficient (Wildman–Crippen LogP) is 1.75. The van der Waals surface area contributed by atoms with Crippen LogP contribution in [0.2, 0.25) is 0 Å². The van der Waals surface area contributed by atoms with E-state index < -0.39 is 18.0 Å². The molecule has 104 valence electrons. The normalized spacial score (nSPS) is 12.3. The van der Waals surface area contributed by atoms with Gasteiger partial charge in [0.15, 0.2) is 6.10 Å². The van der Waals surface area contributed by atoms with Crippen LogP contribution in [0.1, 0.15) is 42.1 Å². The summed E-state index contributed by atoms with van der Waals surface area (Å²) in [5.74, 6) is -1.19. The van der Waals surface area contributed by atoms with E-state index in [0.29, 0.717) is 11.5 Å². The van der Waals surface area contributed by atoms with Crippen LogP contribution in [0.5, 0.6) is 0 Å². The number of aromatic nitrogens is 2. The molecule has 0 aliphatic rings. The van der Waals surface area contributed by atoms with Gasteiger partial charge >= 0.3 is 11.9 Å². The van der Waals surface area contributed by atoms with Gasteiger partial charge in [-0.05, 0) is 26.2 Å². The summed E-state index contributed by atoms with van der Waals surface area (Å²) in [4.78, 5) is 30.9. The largest absolute Gasteiger partial charge is 0.479 e. The van der Waals surface area contributed by atoms with Gasteiger partial charge in [-0.2, -0.15) is 0 Å². The second kappa shape index (κ2) is 6.26. The van der Waals surface area contributed by atoms with E-state index >= 15 is 0 Å². The molecule has 1 aromatic rings. The number of carboxylic acids is 1. The van der Waals surface area contributed by atoms with Crippen molar-refractivity contribution in [3.8, 4) is 0 Å². The van der Waals surface area contributed by atoms with E-state index in [4.69, 9.17) is 9.84 Å². The van der Waals surface area contributed by atoms with Crippen molar-refractivity contribution >= 4 is 11.9 Å². The Morgan fingerprint density at radius 3 is 2.47 bits per heavy atom. The quantitative estimate of drug-likeness (QED) is 0.817. The van der Waals surface area contributed by atoms with Crippen LogP contribution >= 0.6 is 0 Å². The highest BCUT2D eigenvalue weighted by molar-refractivity contribution is 5.91. The van der Waals surface area contributed by atoms with Crippen molar-refractivity contribution in [1.82, 2.24) is 9.97 Å². The van der Waals surface area contributed by atoms with Crippen LogP contribution < -0.4 is 0 Å². The van der Waals surface area contributed by atoms with Gasteiger partial charge in [0.05, 0.1) is 11.3 Å². The molecular formula is C13H18N2O4. The number of carbonyl (C=O) groups excluding carboxylic acids is 1. The zero-order chi connectivity index (χ0) is 14.6. The fourth-order valence-corrected chi connectivity index (χ4v) is 1.60. The lowest BCUT2D eigenvalue weighted by Gasteiger charge is -2.16. The fraction of sp³-hybridized carbons (Fsp3) is 0.538. The third-order valence-electron chi connectivity index (χ3n) is 2.53. The van der Waals surface area contributed by atoms with Gasteiger partial charge in [-0.1, -0.05) is 13.8 Å². The Bertz CT molecular complexity index is 486. The first-order valence-electron chi connectivity index (χ1n) is 6.05. The van der Waals surface area contributed by atoms with Crippen molar-refractivity contribution in [2.24, 2.45) is 5.92 Å². The number of esters is 1. The molecule has 0 saturated heterocycles. The number of aliphatic carboxylic acids is 1. The molecule has 0 saturated carbocycles. The zero-order valence-corrected chi connectivity index (χ0v) is 11.5. The van der Waals surface area contributed by atoms with Crippen LogP contribution in [-0.2, 0) is 9.53 Å². The zero-order valence-electron chi connectivity index (χ0n) is 11.5. The van der Waals surface area contributed by atoms with E-state index in [9.17, 15) is 9.59 Å². The van der Waals surface area contributed by atoms with Crippen molar-refractivity contribution < 1.29 is 19.4 Å². The number of carbonyl (C=O) groups is 2. The Hall–Kier alpha value is -1.98. The molecule has 0 bridgehead atoms. The lowest BCUT2D eigenvalue weighted by Crippen LogP contribution is -2.29. The minimum atomic E-state index is -1.15. The summed E-state index contributed by atoms with van der Waals surface area (Å²) in [5, 5.41) is 9.02. The molecule has 0 aliphatic carbocycles. The second-order valence-electron chi connectivity index (χ2n) is 4.78. The number of rotatable bonds is 5. The fourth-order valence-electron chi connectivity index (χ4n) is 1.60. The van der Waals surface area contributed by atoms with Crippen LogP contribution in [0.3, 0.4) is 0 Å². The molecule has 0 spiro atoms. The molecule has 1 rings (SSSR count). The van der Waals surface area contributed by atoms with Crippen molar-refractivity contribution in [2.75, 3.05) is 0 Å². The number of aryl methyl sites for hydroxylation is 2. The minimum absolute atomic E-state index is 0.115. The van der Waals surface area contributed by atoms with Crippen molar-refractivity contribution in [3.05, 3.63) is 23.3 Å². The van der Waals surface area contributed by atoms with E-state index in [1.807, 2.05) is 13.8 Å². The van der Waals surface area contributed by atoms with Gasteiger partial charge in [-0.3, -0.25) is 0 Å². The highest BCUT2D eigenvalue weighted by atomic mass is 16.6. The number of hydrogen-bond acceptors (Lipinski definition) is 5. The minimum Gasteiger partial charge on any atom is -0.479 e. The Morgan fingerprint density at radius 1 is 1.37 bits per heavy atom. The van der Waals surface area contributed by atoms with E-state index in [-0.39, 0.29) is 17.9 Å². The lowest BCUT2D eigenvalue weighted by atomic mass is 10.1. The van der Waals surface area contributed by atoms with E-state index in [1.165, 1.54) is 6.20 Å². The average molecular weight is 266 g/mol. The molecule has 6 heteroatoms. The average Bonchev–Trinajstić information content (AvgIpc) is 2.26. The number of carboxylic acid groups (broad SMARTS) is 1. The van der Waals surface area contributed by atoms with Gasteiger partial charge in [-0.25, -0.2) is 19.6 Å². The molecule has 1 atom stereocenters. The number of hydrogen-bond donors (Lipinski definition) is 1. The smallest absolute Gasteiger partial charge is 0.345 e. The topological polar surface area (TPSA) is 89.4 Å². The molecular weight excluding hydrogens is 248 g/mol. The van der Waals surface area contributed by atoms with Crippen LogP contribution in [-0.4, -0.2) is 33.1 Å². The molecule has 1 heterocycles. The Kier molecular flexibility index (Phi) is 4.97. The lowest BCUT2D eigenvalue weighted by molar-refractivity contribution is -0.148. The summed E-state index contributed by atoms with van der Waals surface area (Å²) >= 11 is 0. The summed E-state index contributed by atoms with van der Waals surface area (Å²) in [7, 11) is 0. The van der Waals surface area contributed by atoms with E-state index in [0.717, 1.165) is 0 Å². The number of nitrogens with zero attached hydrogens (tertiary/aromatic N) is 2. The third kappa shape index (κ3) is 4.31. The van der Waals surface area contributed by atoms with Gasteiger partial charge in [0.1, 0.15) is 5.82 Å². The summed E-state index contributed by atoms with van der Waals surface area (Å²) in [6.45, 7) is 7.10. The van der Waals surface area contributed by atoms with E-state index in [2.05, 4.69) is 9.97 Å². The standard InChI is InChI=1S/C13H18N2O4/c1-7(2)5-11(12(16)17)19-13(18)10-6-14-9(4)15-8(10)3/h6-7,11H,5H2,1-4H3,(H,16,17)/t11-/m1/s1. The van der Waals surface area contributed by atoms with Crippen LogP contribution in [0.25, 0.3) is 0 Å². The van der Waals surface area contributed by atoms with E-state index in [1.54, 1.807) is 13.8 Å². The molecule has 6 nitrogen and oxygen atoms in total. The molecule has 0 aliphatic heterocycles. The molecule has 1 N–H and O–H groups in total. The van der Waals surface area contributed by atoms with Crippen molar-refractivity contribution in [3.63, 3.8) is 0 Å². The monoisotopic (exact) mass is 266 g/mol. The highest BCUT2D eigenvalue weighted by Crippen LogP contribution is 2.13. The van der Waals surface area contributed by atoms with Crippen LogP contribution in [0.4, 0.5) is 0 Å². The Balaban J connectivity index is 2.84. The predicted molar refractivity (Wildman–Crippen MR) is 67.8 cm³/mol. The Morgan fingerprint density at radius 2 is 2.00 bits per heavy atom. The molecule has 0 amide bonds. The maximum Gasteiger partial charge on any atom is 0.345 e. The summed E-state index contributed by atoms with van der Waals surface area (Å²) < 4.78 is 5.01. The molecule has 0 aromatic carbocycles. The molecule has 0 radical (unpaired) electrons. The van der Waals surface area contributed by atoms with Crippen LogP contribution in [0.15, 0.2) is 6.20 Å². The van der Waals surface area contributed by atoms with Gasteiger partial charge < -0.3 is 9.84 Å². The van der Waals surface area contributed by atoms with Gasteiger partial charge in [0.25, 0.3) is 0 Å². The SMILES string of the molecule is Cc1ncc(C(=O)O[C@H](CC(C)C)C(=O)O)c(C)n1. The summed E-state index contributed by atoms with van der Waals surface area (Å²) in [6.07, 6.45) is 0.481. The first-order valence-corrected chi connectivity index (χ1v) is 6.05. The van der Waals surface area contributed by atoms with Crippen molar-refractivity contribution in [2.45, 2.75) is 40.2 Å². The number of ether oxygens (including phenoxy) is 1. The molecule has 1 aromatic heterocycles. The molecule has 0 fully saturated rings. The van der Waals surface area contributed by atoms with Gasteiger partial charge in [-0.15, -0.1) is 0 Å². The maximum absolute atomic E-state index is 11.9. The van der Waals surface area contributed by atoms with Crippen molar-refractivity contribution in [1.29, 1.82) is 0 Å². The first kappa shape index (κ1) is 15.1. The molecule has 0 unspecified atom stereocenters. The highest BCUT2D eigenvalue weighted by Gasteiger charge is 2.25. The van der Waals surface area contributed by atoms with Crippen LogP contribution in [0, 0.1) is 19.8 Å². The second-order valence-corrected chi connectivity index (χ2v) is 4.78. The van der Waals surface area contributed by atoms with Gasteiger partial charge in [0, 0.05) is 6.20 Å². The summed E-state index contributed by atoms with van der Waals surface area (Å²) in [6, 6.07) is 0. The molecule has 19 heavy (non-hydrogen) atoms. The first-order chi connectivity index (χ1) is 8.81.